The highest BCUT2D eigenvalue weighted by atomic mass is 79.9. The van der Waals surface area contributed by atoms with Crippen molar-refractivity contribution in [3.05, 3.63) is 55.9 Å². The molecule has 0 amide bonds. The lowest BCUT2D eigenvalue weighted by atomic mass is 10.2. The molecule has 0 aliphatic carbocycles. The van der Waals surface area contributed by atoms with Gasteiger partial charge in [-0.2, -0.15) is 9.61 Å². The summed E-state index contributed by atoms with van der Waals surface area (Å²) in [5.41, 5.74) is 0.742. The van der Waals surface area contributed by atoms with Crippen molar-refractivity contribution in [2.24, 2.45) is 0 Å². The van der Waals surface area contributed by atoms with Crippen LogP contribution in [0.4, 0.5) is 0 Å². The third-order valence-corrected chi connectivity index (χ3v) is 3.90. The molecule has 3 rings (SSSR count). The number of hydrogen-bond acceptors (Lipinski definition) is 6. The summed E-state index contributed by atoms with van der Waals surface area (Å²) in [5, 5.41) is 21.5. The van der Waals surface area contributed by atoms with Crippen LogP contribution in [-0.2, 0) is 0 Å². The number of nitrogens with zero attached hydrogens (tertiary/aromatic N) is 4. The van der Waals surface area contributed by atoms with Crippen LogP contribution in [0.25, 0.3) is 16.8 Å². The summed E-state index contributed by atoms with van der Waals surface area (Å²) >= 11 is 4.24. The van der Waals surface area contributed by atoms with Crippen LogP contribution in [-0.4, -0.2) is 24.9 Å². The average Bonchev–Trinajstić information content (AvgIpc) is 2.87. The predicted molar refractivity (Wildman–Crippen MR) is 79.6 cm³/mol. The molecule has 0 bridgehead atoms. The van der Waals surface area contributed by atoms with Gasteiger partial charge >= 0.3 is 0 Å². The van der Waals surface area contributed by atoms with Crippen molar-refractivity contribution in [2.75, 3.05) is 0 Å². The van der Waals surface area contributed by atoms with Crippen LogP contribution >= 0.6 is 27.3 Å². The van der Waals surface area contributed by atoms with Gasteiger partial charge in [0.15, 0.2) is 0 Å². The van der Waals surface area contributed by atoms with E-state index in [1.54, 1.807) is 24.3 Å². The highest BCUT2D eigenvalue weighted by Crippen LogP contribution is 2.17. The Kier molecular flexibility index (Phi) is 3.33. The molecule has 3 aromatic rings. The van der Waals surface area contributed by atoms with Gasteiger partial charge in [0.25, 0.3) is 4.74 Å². The Morgan fingerprint density at radius 2 is 2.10 bits per heavy atom. The molecule has 1 aromatic carbocycles. The van der Waals surface area contributed by atoms with Gasteiger partial charge in [0.05, 0.1) is 0 Å². The van der Waals surface area contributed by atoms with E-state index in [0.29, 0.717) is 10.5 Å². The van der Waals surface area contributed by atoms with E-state index in [1.165, 1.54) is 16.9 Å². The van der Waals surface area contributed by atoms with Crippen molar-refractivity contribution in [1.29, 1.82) is 0 Å². The van der Waals surface area contributed by atoms with Gasteiger partial charge in [-0.15, -0.1) is 10.2 Å². The van der Waals surface area contributed by atoms with Gasteiger partial charge in [-0.05, 0) is 12.1 Å². The summed E-state index contributed by atoms with van der Waals surface area (Å²) in [7, 11) is 0. The zero-order valence-corrected chi connectivity index (χ0v) is 12.3. The van der Waals surface area contributed by atoms with E-state index in [4.69, 9.17) is 0 Å². The third-order valence-electron chi connectivity index (χ3n) is 2.52. The Labute approximate surface area is 125 Å². The number of halogens is 1. The second-order valence-electron chi connectivity index (χ2n) is 3.87. The molecule has 8 heteroatoms. The van der Waals surface area contributed by atoms with E-state index in [9.17, 15) is 9.90 Å². The first-order valence-electron chi connectivity index (χ1n) is 5.51. The summed E-state index contributed by atoms with van der Waals surface area (Å²) < 4.78 is 2.02. The second-order valence-corrected chi connectivity index (χ2v) is 5.73. The molecule has 0 saturated heterocycles. The van der Waals surface area contributed by atoms with Crippen molar-refractivity contribution in [2.45, 2.75) is 0 Å². The fourth-order valence-corrected chi connectivity index (χ4v) is 2.47. The highest BCUT2D eigenvalue weighted by molar-refractivity contribution is 9.10. The highest BCUT2D eigenvalue weighted by Gasteiger charge is 2.07. The van der Waals surface area contributed by atoms with Crippen molar-refractivity contribution in [1.82, 2.24) is 19.8 Å². The number of aromatic nitrogens is 4. The Morgan fingerprint density at radius 1 is 1.35 bits per heavy atom. The van der Waals surface area contributed by atoms with Crippen LogP contribution in [0.2, 0.25) is 0 Å². The maximum atomic E-state index is 11.9. The Bertz CT molecular complexity index is 854. The lowest BCUT2D eigenvalue weighted by molar-refractivity contribution is 0.515. The van der Waals surface area contributed by atoms with Crippen molar-refractivity contribution in [3.63, 3.8) is 0 Å². The number of fused-ring (bicyclic) bond motifs is 1. The van der Waals surface area contributed by atoms with Crippen molar-refractivity contribution >= 4 is 44.1 Å². The predicted octanol–water partition coefficient (Wildman–Crippen LogP) is 2.36. The van der Waals surface area contributed by atoms with E-state index in [2.05, 4.69) is 31.2 Å². The van der Waals surface area contributed by atoms with Gasteiger partial charge < -0.3 is 5.11 Å². The minimum Gasteiger partial charge on any atom is -0.507 e. The van der Waals surface area contributed by atoms with E-state index in [0.717, 1.165) is 15.8 Å². The minimum absolute atomic E-state index is 0.0262. The molecule has 0 radical (unpaired) electrons. The molecule has 0 saturated carbocycles. The first kappa shape index (κ1) is 12.9. The SMILES string of the molecule is O=c1sc2nncn2nc1/C=C(\O)c1ccc(Br)cc1. The molecule has 0 aliphatic rings. The first-order valence-corrected chi connectivity index (χ1v) is 7.12. The fourth-order valence-electron chi connectivity index (χ4n) is 1.57. The number of hydrogen-bond donors (Lipinski definition) is 1. The Balaban J connectivity index is 2.06. The van der Waals surface area contributed by atoms with Crippen LogP contribution in [0, 0.1) is 0 Å². The molecule has 2 aromatic heterocycles. The fraction of sp³-hybridized carbons (Fsp3) is 0. The van der Waals surface area contributed by atoms with Crippen LogP contribution in [0.15, 0.2) is 39.9 Å². The summed E-state index contributed by atoms with van der Waals surface area (Å²) in [6.07, 6.45) is 2.74. The zero-order valence-electron chi connectivity index (χ0n) is 9.89. The number of benzene rings is 1. The van der Waals surface area contributed by atoms with Gasteiger partial charge in [0.1, 0.15) is 17.8 Å². The quantitative estimate of drug-likeness (QED) is 0.717. The number of aliphatic hydroxyl groups is 1. The molecule has 0 unspecified atom stereocenters. The molecule has 0 aliphatic heterocycles. The summed E-state index contributed by atoms with van der Waals surface area (Å²) in [6, 6.07) is 7.08. The van der Waals surface area contributed by atoms with Gasteiger partial charge in [-0.25, -0.2) is 0 Å². The first-order chi connectivity index (χ1) is 9.63. The van der Waals surface area contributed by atoms with Gasteiger partial charge in [0.2, 0.25) is 4.96 Å². The lowest BCUT2D eigenvalue weighted by Crippen LogP contribution is -2.07. The van der Waals surface area contributed by atoms with E-state index < -0.39 is 0 Å². The topological polar surface area (TPSA) is 80.4 Å². The van der Waals surface area contributed by atoms with Gasteiger partial charge in [0, 0.05) is 16.1 Å². The monoisotopic (exact) mass is 350 g/mol. The smallest absolute Gasteiger partial charge is 0.263 e. The lowest BCUT2D eigenvalue weighted by Gasteiger charge is -2.00. The molecule has 0 spiro atoms. The normalized spacial score (nSPS) is 11.9. The summed E-state index contributed by atoms with van der Waals surface area (Å²) in [4.78, 5) is 12.3. The van der Waals surface area contributed by atoms with Gasteiger partial charge in [-0.1, -0.05) is 39.4 Å². The van der Waals surface area contributed by atoms with E-state index in [1.807, 2.05) is 0 Å². The molecule has 2 heterocycles. The molecular formula is C12H7BrN4O2S. The Morgan fingerprint density at radius 3 is 2.85 bits per heavy atom. The summed E-state index contributed by atoms with van der Waals surface area (Å²) in [6.45, 7) is 0. The molecule has 6 nitrogen and oxygen atoms in total. The maximum Gasteiger partial charge on any atom is 0.263 e. The largest absolute Gasteiger partial charge is 0.507 e. The standard InChI is InChI=1S/C12H7BrN4O2S/c13-8-3-1-7(2-4-8)10(18)5-9-11(19)20-12-15-14-6-17(12)16-9/h1-6,18H/b10-5-. The van der Waals surface area contributed by atoms with E-state index in [-0.39, 0.29) is 16.2 Å². The molecule has 100 valence electrons. The Hall–Kier alpha value is -2.06. The van der Waals surface area contributed by atoms with E-state index >= 15 is 0 Å². The molecule has 1 N–H and O–H groups in total. The number of rotatable bonds is 2. The van der Waals surface area contributed by atoms with Crippen LogP contribution in [0.1, 0.15) is 11.3 Å². The van der Waals surface area contributed by atoms with Crippen molar-refractivity contribution < 1.29 is 5.11 Å². The van der Waals surface area contributed by atoms with Crippen molar-refractivity contribution in [3.8, 4) is 0 Å². The number of aliphatic hydroxyl groups excluding tert-OH is 1. The van der Waals surface area contributed by atoms with Crippen LogP contribution < -0.4 is 4.74 Å². The molecule has 0 atom stereocenters. The minimum atomic E-state index is -0.283. The van der Waals surface area contributed by atoms with Gasteiger partial charge in [-0.3, -0.25) is 4.79 Å². The maximum absolute atomic E-state index is 11.9. The zero-order chi connectivity index (χ0) is 14.1. The summed E-state index contributed by atoms with van der Waals surface area (Å²) in [5.74, 6) is -0.0262. The van der Waals surface area contributed by atoms with Crippen LogP contribution in [0.5, 0.6) is 0 Å². The molecular weight excluding hydrogens is 344 g/mol. The second kappa shape index (κ2) is 5.14. The third kappa shape index (κ3) is 2.47. The average molecular weight is 351 g/mol. The van der Waals surface area contributed by atoms with Crippen LogP contribution in [0.3, 0.4) is 0 Å². The molecule has 20 heavy (non-hydrogen) atoms. The molecule has 0 fully saturated rings.